The molecule has 6 nitrogen and oxygen atoms in total. The van der Waals surface area contributed by atoms with Crippen LogP contribution in [0.2, 0.25) is 20.1 Å². The van der Waals surface area contributed by atoms with Crippen LogP contribution in [0.15, 0.2) is 6.07 Å². The van der Waals surface area contributed by atoms with E-state index in [0.717, 1.165) is 39.0 Å². The second kappa shape index (κ2) is 9.83. The predicted octanol–water partition coefficient (Wildman–Crippen LogP) is 3.48. The van der Waals surface area contributed by atoms with Crippen molar-refractivity contribution in [3.63, 3.8) is 0 Å². The number of halogens is 4. The summed E-state index contributed by atoms with van der Waals surface area (Å²) in [6, 6.07) is 1.44. The number of piperazine rings is 1. The van der Waals surface area contributed by atoms with E-state index in [0.29, 0.717) is 19.6 Å². The Balaban J connectivity index is 1.47. The molecule has 28 heavy (non-hydrogen) atoms. The number of hydrogen-bond acceptors (Lipinski definition) is 4. The van der Waals surface area contributed by atoms with E-state index in [4.69, 9.17) is 46.4 Å². The molecule has 0 aliphatic carbocycles. The van der Waals surface area contributed by atoms with E-state index in [1.165, 1.54) is 6.07 Å². The molecule has 0 bridgehead atoms. The second-order valence-electron chi connectivity index (χ2n) is 7.03. The van der Waals surface area contributed by atoms with E-state index in [1.54, 1.807) is 0 Å². The Bertz CT molecular complexity index is 721. The average molecular weight is 468 g/mol. The van der Waals surface area contributed by atoms with Crippen LogP contribution in [-0.4, -0.2) is 78.9 Å². The lowest BCUT2D eigenvalue weighted by Crippen LogP contribution is -2.51. The van der Waals surface area contributed by atoms with Gasteiger partial charge in [0.25, 0.3) is 0 Å². The van der Waals surface area contributed by atoms with Gasteiger partial charge in [-0.2, -0.15) is 0 Å². The van der Waals surface area contributed by atoms with E-state index in [9.17, 15) is 9.59 Å². The van der Waals surface area contributed by atoms with Gasteiger partial charge in [-0.15, -0.1) is 0 Å². The van der Waals surface area contributed by atoms with Crippen molar-refractivity contribution in [3.8, 4) is 0 Å². The number of nitrogens with one attached hydrogen (secondary N) is 1. The first-order chi connectivity index (χ1) is 13.3. The van der Waals surface area contributed by atoms with Gasteiger partial charge in [0.05, 0.1) is 38.9 Å². The summed E-state index contributed by atoms with van der Waals surface area (Å²) in [5.74, 6) is -0.0467. The van der Waals surface area contributed by atoms with Crippen molar-refractivity contribution < 1.29 is 9.59 Å². The van der Waals surface area contributed by atoms with Gasteiger partial charge in [0.1, 0.15) is 0 Å². The molecular formula is C18H22Cl4N4O2. The van der Waals surface area contributed by atoms with Crippen molar-refractivity contribution in [1.29, 1.82) is 0 Å². The Morgan fingerprint density at radius 3 is 1.86 bits per heavy atom. The fourth-order valence-corrected chi connectivity index (χ4v) is 4.33. The van der Waals surface area contributed by atoms with Gasteiger partial charge in [0, 0.05) is 39.3 Å². The normalized spacial score (nSPS) is 18.5. The lowest BCUT2D eigenvalue weighted by atomic mass is 10.2. The molecule has 0 radical (unpaired) electrons. The molecule has 1 aromatic carbocycles. The molecule has 2 aliphatic heterocycles. The number of rotatable bonds is 5. The molecule has 2 fully saturated rings. The third-order valence-electron chi connectivity index (χ3n) is 5.03. The molecule has 0 unspecified atom stereocenters. The lowest BCUT2D eigenvalue weighted by Gasteiger charge is -2.34. The number of hydrogen-bond donors (Lipinski definition) is 1. The summed E-state index contributed by atoms with van der Waals surface area (Å²) in [4.78, 5) is 30.8. The zero-order valence-corrected chi connectivity index (χ0v) is 18.3. The molecule has 0 aromatic heterocycles. The van der Waals surface area contributed by atoms with Crippen molar-refractivity contribution in [2.75, 3.05) is 57.7 Å². The number of carbonyl (C=O) groups excluding carboxylic acids is 2. The second-order valence-corrected chi connectivity index (χ2v) is 8.60. The van der Waals surface area contributed by atoms with Crippen LogP contribution in [0.3, 0.4) is 0 Å². The highest BCUT2D eigenvalue weighted by Crippen LogP contribution is 2.40. The third kappa shape index (κ3) is 5.43. The summed E-state index contributed by atoms with van der Waals surface area (Å²) < 4.78 is 0. The molecule has 2 heterocycles. The van der Waals surface area contributed by atoms with Gasteiger partial charge >= 0.3 is 0 Å². The Labute approximate surface area is 184 Å². The monoisotopic (exact) mass is 466 g/mol. The maximum atomic E-state index is 12.4. The number of nitrogens with zero attached hydrogens (tertiary/aromatic N) is 3. The highest BCUT2D eigenvalue weighted by atomic mass is 35.5. The minimum Gasteiger partial charge on any atom is -0.342 e. The minimum atomic E-state index is -0.247. The number of anilines is 1. The van der Waals surface area contributed by atoms with Gasteiger partial charge in [-0.1, -0.05) is 46.4 Å². The minimum absolute atomic E-state index is 0.162. The quantitative estimate of drug-likeness (QED) is 0.673. The topological polar surface area (TPSA) is 55.9 Å². The van der Waals surface area contributed by atoms with Gasteiger partial charge in [0.2, 0.25) is 11.8 Å². The highest BCUT2D eigenvalue weighted by Gasteiger charge is 2.24. The molecule has 1 N–H and O–H groups in total. The highest BCUT2D eigenvalue weighted by molar-refractivity contribution is 6.50. The summed E-state index contributed by atoms with van der Waals surface area (Å²) in [5.41, 5.74) is 0.223. The van der Waals surface area contributed by atoms with E-state index in [2.05, 4.69) is 10.2 Å². The number of likely N-dealkylation sites (tertiary alicyclic amines) is 1. The van der Waals surface area contributed by atoms with Crippen LogP contribution in [-0.2, 0) is 9.59 Å². The van der Waals surface area contributed by atoms with Crippen molar-refractivity contribution in [3.05, 3.63) is 26.2 Å². The van der Waals surface area contributed by atoms with Gasteiger partial charge in [-0.3, -0.25) is 19.4 Å². The van der Waals surface area contributed by atoms with Crippen molar-refractivity contribution >= 4 is 63.9 Å². The Morgan fingerprint density at radius 1 is 0.821 bits per heavy atom. The van der Waals surface area contributed by atoms with E-state index < -0.39 is 0 Å². The predicted molar refractivity (Wildman–Crippen MR) is 114 cm³/mol. The standard InChI is InChI=1S/C18H22Cl4N4O2/c19-12-9-13(20)17(22)18(16(12)21)23-14(27)10-24-5-7-25(8-6-24)11-15(28)26-3-1-2-4-26/h9H,1-8,10-11H2,(H,23,27). The van der Waals surface area contributed by atoms with Crippen LogP contribution >= 0.6 is 46.4 Å². The molecule has 2 saturated heterocycles. The van der Waals surface area contributed by atoms with Crippen molar-refractivity contribution in [1.82, 2.24) is 14.7 Å². The number of carbonyl (C=O) groups is 2. The first-order valence-electron chi connectivity index (χ1n) is 9.20. The maximum absolute atomic E-state index is 12.4. The summed E-state index contributed by atoms with van der Waals surface area (Å²) in [6.45, 7) is 5.30. The fourth-order valence-electron chi connectivity index (χ4n) is 3.43. The molecule has 154 valence electrons. The molecule has 0 saturated carbocycles. The summed E-state index contributed by atoms with van der Waals surface area (Å²) >= 11 is 24.3. The summed E-state index contributed by atoms with van der Waals surface area (Å²) in [7, 11) is 0. The molecule has 0 spiro atoms. The molecule has 0 atom stereocenters. The van der Waals surface area contributed by atoms with Gasteiger partial charge in [-0.25, -0.2) is 0 Å². The van der Waals surface area contributed by atoms with Crippen LogP contribution in [0.5, 0.6) is 0 Å². The molecule has 3 rings (SSSR count). The number of benzene rings is 1. The number of amides is 2. The van der Waals surface area contributed by atoms with Crippen molar-refractivity contribution in [2.45, 2.75) is 12.8 Å². The van der Waals surface area contributed by atoms with Crippen LogP contribution < -0.4 is 5.32 Å². The van der Waals surface area contributed by atoms with Crippen LogP contribution in [0, 0.1) is 0 Å². The maximum Gasteiger partial charge on any atom is 0.238 e. The van der Waals surface area contributed by atoms with E-state index in [1.807, 2.05) is 9.80 Å². The van der Waals surface area contributed by atoms with Gasteiger partial charge in [0.15, 0.2) is 0 Å². The zero-order valence-electron chi connectivity index (χ0n) is 15.3. The molecular weight excluding hydrogens is 446 g/mol. The molecule has 1 aromatic rings. The van der Waals surface area contributed by atoms with Crippen LogP contribution in [0.1, 0.15) is 12.8 Å². The van der Waals surface area contributed by atoms with Crippen molar-refractivity contribution in [2.24, 2.45) is 0 Å². The Hall–Kier alpha value is -0.760. The Kier molecular flexibility index (Phi) is 7.70. The summed E-state index contributed by atoms with van der Waals surface area (Å²) in [6.07, 6.45) is 2.20. The first kappa shape index (κ1) is 21.9. The average Bonchev–Trinajstić information content (AvgIpc) is 3.20. The van der Waals surface area contributed by atoms with E-state index in [-0.39, 0.29) is 44.1 Å². The zero-order chi connectivity index (χ0) is 20.3. The smallest absolute Gasteiger partial charge is 0.238 e. The third-order valence-corrected chi connectivity index (χ3v) is 6.60. The van der Waals surface area contributed by atoms with Gasteiger partial charge in [-0.05, 0) is 18.9 Å². The molecule has 2 amide bonds. The fraction of sp³-hybridized carbons (Fsp3) is 0.556. The van der Waals surface area contributed by atoms with Crippen LogP contribution in [0.4, 0.5) is 5.69 Å². The SMILES string of the molecule is O=C(CN1CCN(CC(=O)N2CCCC2)CC1)Nc1c(Cl)c(Cl)cc(Cl)c1Cl. The summed E-state index contributed by atoms with van der Waals surface area (Å²) in [5, 5.41) is 3.47. The Morgan fingerprint density at radius 2 is 1.32 bits per heavy atom. The first-order valence-corrected chi connectivity index (χ1v) is 10.7. The largest absolute Gasteiger partial charge is 0.342 e. The lowest BCUT2D eigenvalue weighted by molar-refractivity contribution is -0.132. The van der Waals surface area contributed by atoms with Crippen LogP contribution in [0.25, 0.3) is 0 Å². The molecule has 10 heteroatoms. The molecule has 2 aliphatic rings. The van der Waals surface area contributed by atoms with Gasteiger partial charge < -0.3 is 10.2 Å². The van der Waals surface area contributed by atoms with E-state index >= 15 is 0 Å².